The maximum atomic E-state index is 11.6. The van der Waals surface area contributed by atoms with Gasteiger partial charge in [0.05, 0.1) is 18.7 Å². The standard InChI is InChI=1S/C13H20N2O2/c1-2-12(14)13(17)15-11(9-16)8-10-6-4-3-5-7-10/h3-7,11-12,16H,2,8-9,14H2,1H3,(H,15,17)/t11?,12-/m1/s1. The zero-order valence-corrected chi connectivity index (χ0v) is 10.1. The lowest BCUT2D eigenvalue weighted by atomic mass is 10.1. The number of aliphatic hydroxyl groups is 1. The Kier molecular flexibility index (Phi) is 5.66. The van der Waals surface area contributed by atoms with Gasteiger partial charge in [0.2, 0.25) is 5.91 Å². The van der Waals surface area contributed by atoms with Crippen LogP contribution in [-0.2, 0) is 11.2 Å². The zero-order valence-electron chi connectivity index (χ0n) is 10.1. The fraction of sp³-hybridized carbons (Fsp3) is 0.462. The quantitative estimate of drug-likeness (QED) is 0.671. The number of aliphatic hydroxyl groups excluding tert-OH is 1. The molecule has 0 aromatic heterocycles. The Balaban J connectivity index is 2.52. The van der Waals surface area contributed by atoms with Gasteiger partial charge in [-0.15, -0.1) is 0 Å². The highest BCUT2D eigenvalue weighted by Crippen LogP contribution is 2.03. The molecule has 0 fully saturated rings. The molecule has 1 aromatic carbocycles. The number of carbonyl (C=O) groups excluding carboxylic acids is 1. The molecule has 0 spiro atoms. The number of rotatable bonds is 6. The van der Waals surface area contributed by atoms with Gasteiger partial charge in [0.15, 0.2) is 0 Å². The molecular weight excluding hydrogens is 216 g/mol. The Labute approximate surface area is 102 Å². The summed E-state index contributed by atoms with van der Waals surface area (Å²) in [6.45, 7) is 1.77. The van der Waals surface area contributed by atoms with E-state index >= 15 is 0 Å². The molecule has 1 rings (SSSR count). The third-order valence-electron chi connectivity index (χ3n) is 2.67. The molecule has 0 saturated heterocycles. The van der Waals surface area contributed by atoms with Crippen molar-refractivity contribution in [2.45, 2.75) is 31.8 Å². The summed E-state index contributed by atoms with van der Waals surface area (Å²) in [5, 5.41) is 12.0. The van der Waals surface area contributed by atoms with Gasteiger partial charge in [0.25, 0.3) is 0 Å². The van der Waals surface area contributed by atoms with Crippen LogP contribution in [0.2, 0.25) is 0 Å². The molecule has 17 heavy (non-hydrogen) atoms. The van der Waals surface area contributed by atoms with Crippen molar-refractivity contribution in [1.29, 1.82) is 0 Å². The monoisotopic (exact) mass is 236 g/mol. The molecular formula is C13H20N2O2. The van der Waals surface area contributed by atoms with E-state index in [1.54, 1.807) is 0 Å². The second-order valence-corrected chi connectivity index (χ2v) is 4.09. The first-order valence-electron chi connectivity index (χ1n) is 5.88. The van der Waals surface area contributed by atoms with Crippen LogP contribution in [0.4, 0.5) is 0 Å². The van der Waals surface area contributed by atoms with Crippen molar-refractivity contribution in [2.24, 2.45) is 5.73 Å². The van der Waals surface area contributed by atoms with E-state index in [9.17, 15) is 9.90 Å². The van der Waals surface area contributed by atoms with Gasteiger partial charge in [-0.3, -0.25) is 4.79 Å². The molecule has 1 aromatic rings. The number of amides is 1. The maximum absolute atomic E-state index is 11.6. The largest absolute Gasteiger partial charge is 0.394 e. The smallest absolute Gasteiger partial charge is 0.237 e. The number of nitrogens with two attached hydrogens (primary N) is 1. The van der Waals surface area contributed by atoms with Gasteiger partial charge in [-0.2, -0.15) is 0 Å². The van der Waals surface area contributed by atoms with E-state index in [1.807, 2.05) is 37.3 Å². The minimum absolute atomic E-state index is 0.0862. The van der Waals surface area contributed by atoms with E-state index in [2.05, 4.69) is 5.32 Å². The number of nitrogens with one attached hydrogen (secondary N) is 1. The van der Waals surface area contributed by atoms with Crippen molar-refractivity contribution >= 4 is 5.91 Å². The molecule has 0 bridgehead atoms. The van der Waals surface area contributed by atoms with Crippen molar-refractivity contribution < 1.29 is 9.90 Å². The molecule has 4 nitrogen and oxygen atoms in total. The molecule has 4 N–H and O–H groups in total. The first-order chi connectivity index (χ1) is 8.17. The normalized spacial score (nSPS) is 14.1. The zero-order chi connectivity index (χ0) is 12.7. The second kappa shape index (κ2) is 7.04. The molecule has 0 aliphatic rings. The number of carbonyl (C=O) groups is 1. The fourth-order valence-corrected chi connectivity index (χ4v) is 1.55. The van der Waals surface area contributed by atoms with Crippen molar-refractivity contribution in [1.82, 2.24) is 5.32 Å². The van der Waals surface area contributed by atoms with Crippen LogP contribution < -0.4 is 11.1 Å². The highest BCUT2D eigenvalue weighted by molar-refractivity contribution is 5.81. The molecule has 2 atom stereocenters. The van der Waals surface area contributed by atoms with E-state index in [0.29, 0.717) is 12.8 Å². The number of hydrogen-bond donors (Lipinski definition) is 3. The number of benzene rings is 1. The molecule has 0 aliphatic carbocycles. The van der Waals surface area contributed by atoms with Gasteiger partial charge in [-0.05, 0) is 18.4 Å². The maximum Gasteiger partial charge on any atom is 0.237 e. The molecule has 0 heterocycles. The van der Waals surface area contributed by atoms with Crippen LogP contribution in [-0.4, -0.2) is 29.7 Å². The molecule has 4 heteroatoms. The molecule has 1 amide bonds. The van der Waals surface area contributed by atoms with Crippen molar-refractivity contribution in [3.05, 3.63) is 35.9 Å². The van der Waals surface area contributed by atoms with Crippen LogP contribution in [0, 0.1) is 0 Å². The molecule has 1 unspecified atom stereocenters. The Morgan fingerprint density at radius 3 is 2.59 bits per heavy atom. The van der Waals surface area contributed by atoms with Crippen LogP contribution in [0.5, 0.6) is 0 Å². The van der Waals surface area contributed by atoms with Gasteiger partial charge in [0, 0.05) is 0 Å². The Morgan fingerprint density at radius 1 is 1.41 bits per heavy atom. The summed E-state index contributed by atoms with van der Waals surface area (Å²) in [4.78, 5) is 11.6. The van der Waals surface area contributed by atoms with E-state index in [-0.39, 0.29) is 18.6 Å². The Hall–Kier alpha value is -1.39. The van der Waals surface area contributed by atoms with Crippen LogP contribution in [0.1, 0.15) is 18.9 Å². The summed E-state index contributed by atoms with van der Waals surface area (Å²) < 4.78 is 0. The lowest BCUT2D eigenvalue weighted by Gasteiger charge is -2.18. The first kappa shape index (κ1) is 13.7. The van der Waals surface area contributed by atoms with Gasteiger partial charge in [0.1, 0.15) is 0 Å². The molecule has 94 valence electrons. The Bertz CT molecular complexity index is 341. The summed E-state index contributed by atoms with van der Waals surface area (Å²) in [6.07, 6.45) is 1.20. The number of hydrogen-bond acceptors (Lipinski definition) is 3. The lowest BCUT2D eigenvalue weighted by molar-refractivity contribution is -0.123. The van der Waals surface area contributed by atoms with Crippen LogP contribution in [0.3, 0.4) is 0 Å². The van der Waals surface area contributed by atoms with E-state index in [0.717, 1.165) is 5.56 Å². The highest BCUT2D eigenvalue weighted by Gasteiger charge is 2.16. The average molecular weight is 236 g/mol. The molecule has 0 radical (unpaired) electrons. The van der Waals surface area contributed by atoms with Crippen molar-refractivity contribution in [3.63, 3.8) is 0 Å². The van der Waals surface area contributed by atoms with Crippen LogP contribution in [0.15, 0.2) is 30.3 Å². The van der Waals surface area contributed by atoms with Gasteiger partial charge in [-0.25, -0.2) is 0 Å². The molecule has 0 aliphatic heterocycles. The van der Waals surface area contributed by atoms with Gasteiger partial charge >= 0.3 is 0 Å². The lowest BCUT2D eigenvalue weighted by Crippen LogP contribution is -2.47. The van der Waals surface area contributed by atoms with Gasteiger partial charge in [-0.1, -0.05) is 37.3 Å². The second-order valence-electron chi connectivity index (χ2n) is 4.09. The molecule has 0 saturated carbocycles. The van der Waals surface area contributed by atoms with Gasteiger partial charge < -0.3 is 16.2 Å². The minimum Gasteiger partial charge on any atom is -0.394 e. The van der Waals surface area contributed by atoms with Crippen LogP contribution in [0.25, 0.3) is 0 Å². The third-order valence-corrected chi connectivity index (χ3v) is 2.67. The topological polar surface area (TPSA) is 75.4 Å². The van der Waals surface area contributed by atoms with Crippen LogP contribution >= 0.6 is 0 Å². The van der Waals surface area contributed by atoms with Crippen molar-refractivity contribution in [2.75, 3.05) is 6.61 Å². The highest BCUT2D eigenvalue weighted by atomic mass is 16.3. The average Bonchev–Trinajstić information content (AvgIpc) is 2.38. The van der Waals surface area contributed by atoms with E-state index in [4.69, 9.17) is 5.73 Å². The van der Waals surface area contributed by atoms with E-state index in [1.165, 1.54) is 0 Å². The van der Waals surface area contributed by atoms with Crippen molar-refractivity contribution in [3.8, 4) is 0 Å². The summed E-state index contributed by atoms with van der Waals surface area (Å²) in [6, 6.07) is 8.96. The Morgan fingerprint density at radius 2 is 2.06 bits per heavy atom. The SMILES string of the molecule is CC[C@@H](N)C(=O)NC(CO)Cc1ccccc1. The third kappa shape index (κ3) is 4.54. The summed E-state index contributed by atoms with van der Waals surface area (Å²) >= 11 is 0. The summed E-state index contributed by atoms with van der Waals surface area (Å²) in [7, 11) is 0. The minimum atomic E-state index is -0.500. The fourth-order valence-electron chi connectivity index (χ4n) is 1.55. The first-order valence-corrected chi connectivity index (χ1v) is 5.88. The predicted molar refractivity (Wildman–Crippen MR) is 67.4 cm³/mol. The summed E-state index contributed by atoms with van der Waals surface area (Å²) in [5.74, 6) is -0.206. The predicted octanol–water partition coefficient (Wildman–Crippen LogP) is 0.444. The van der Waals surface area contributed by atoms with E-state index < -0.39 is 6.04 Å². The summed E-state index contributed by atoms with van der Waals surface area (Å²) in [5.41, 5.74) is 6.70.